The van der Waals surface area contributed by atoms with E-state index in [1.54, 1.807) is 16.7 Å². The molecule has 0 radical (unpaired) electrons. The molecular weight excluding hydrogens is 476 g/mol. The molecule has 5 nitrogen and oxygen atoms in total. The number of fused-ring (bicyclic) bond motifs is 1. The second kappa shape index (κ2) is 9.41. The third-order valence-corrected chi connectivity index (χ3v) is 6.34. The van der Waals surface area contributed by atoms with Gasteiger partial charge in [-0.2, -0.15) is 4.99 Å². The highest BCUT2D eigenvalue weighted by Gasteiger charge is 2.13. The topological polar surface area (TPSA) is 60.7 Å². The summed E-state index contributed by atoms with van der Waals surface area (Å²) >= 11 is 4.81. The van der Waals surface area contributed by atoms with Gasteiger partial charge in [-0.1, -0.05) is 69.7 Å². The van der Waals surface area contributed by atoms with Crippen molar-refractivity contribution in [3.05, 3.63) is 98.8 Å². The predicted octanol–water partition coefficient (Wildman–Crippen LogP) is 4.97. The van der Waals surface area contributed by atoms with Crippen LogP contribution in [-0.2, 0) is 22.5 Å². The Kier molecular flexibility index (Phi) is 6.44. The number of amides is 1. The number of halogens is 1. The van der Waals surface area contributed by atoms with Crippen LogP contribution in [0.15, 0.2) is 82.3 Å². The van der Waals surface area contributed by atoms with Crippen molar-refractivity contribution in [3.8, 4) is 0 Å². The number of carbonyl (C=O) groups is 2. The van der Waals surface area contributed by atoms with Crippen LogP contribution in [0.25, 0.3) is 10.2 Å². The van der Waals surface area contributed by atoms with Crippen molar-refractivity contribution in [2.75, 3.05) is 7.11 Å². The monoisotopic (exact) mass is 494 g/mol. The minimum absolute atomic E-state index is 0.0136. The lowest BCUT2D eigenvalue weighted by atomic mass is 10.0. The van der Waals surface area contributed by atoms with E-state index in [9.17, 15) is 9.59 Å². The summed E-state index contributed by atoms with van der Waals surface area (Å²) in [5, 5.41) is 0. The number of hydrogen-bond acceptors (Lipinski definition) is 4. The van der Waals surface area contributed by atoms with Crippen molar-refractivity contribution in [3.63, 3.8) is 0 Å². The number of nitrogens with zero attached hydrogens (tertiary/aromatic N) is 2. The minimum atomic E-state index is -0.401. The highest BCUT2D eigenvalue weighted by atomic mass is 79.9. The van der Waals surface area contributed by atoms with Crippen LogP contribution < -0.4 is 4.80 Å². The van der Waals surface area contributed by atoms with Crippen molar-refractivity contribution in [2.24, 2.45) is 4.99 Å². The van der Waals surface area contributed by atoms with Gasteiger partial charge in [0.05, 0.1) is 17.3 Å². The Morgan fingerprint density at radius 3 is 2.42 bits per heavy atom. The Bertz CT molecular complexity index is 1310. The fourth-order valence-corrected chi connectivity index (χ4v) is 4.81. The molecule has 4 aromatic rings. The lowest BCUT2D eigenvalue weighted by Crippen LogP contribution is -2.22. The zero-order valence-electron chi connectivity index (χ0n) is 16.7. The molecule has 1 aromatic heterocycles. The number of benzene rings is 3. The molecule has 0 fully saturated rings. The van der Waals surface area contributed by atoms with Crippen LogP contribution >= 0.6 is 27.3 Å². The zero-order chi connectivity index (χ0) is 21.8. The van der Waals surface area contributed by atoms with E-state index in [2.05, 4.69) is 33.1 Å². The summed E-state index contributed by atoms with van der Waals surface area (Å²) in [7, 11) is 1.34. The molecule has 0 saturated carbocycles. The summed E-state index contributed by atoms with van der Waals surface area (Å²) < 4.78 is 8.35. The van der Waals surface area contributed by atoms with Gasteiger partial charge in [-0.05, 0) is 47.9 Å². The molecule has 0 N–H and O–H groups in total. The molecule has 1 heterocycles. The molecule has 156 valence electrons. The predicted molar refractivity (Wildman–Crippen MR) is 125 cm³/mol. The standard InChI is InChI=1S/C24H19BrN2O3S/c1-30-22(28)15-27-20-12-11-19(25)14-21(20)31-24(27)26-23(29)18-9-7-17(8-10-18)13-16-5-3-2-4-6-16/h2-12,14H,13,15H2,1H3. The second-order valence-corrected chi connectivity index (χ2v) is 8.86. The number of methoxy groups -OCH3 is 1. The molecular formula is C24H19BrN2O3S. The first-order valence-electron chi connectivity index (χ1n) is 9.61. The number of hydrogen-bond donors (Lipinski definition) is 0. The quantitative estimate of drug-likeness (QED) is 0.368. The van der Waals surface area contributed by atoms with E-state index in [4.69, 9.17) is 4.74 Å². The van der Waals surface area contributed by atoms with Crippen molar-refractivity contribution in [1.29, 1.82) is 0 Å². The fourth-order valence-electron chi connectivity index (χ4n) is 3.23. The van der Waals surface area contributed by atoms with Gasteiger partial charge < -0.3 is 9.30 Å². The van der Waals surface area contributed by atoms with Crippen LogP contribution in [0.2, 0.25) is 0 Å². The average Bonchev–Trinajstić information content (AvgIpc) is 3.10. The molecule has 0 bridgehead atoms. The molecule has 3 aromatic carbocycles. The van der Waals surface area contributed by atoms with E-state index in [1.165, 1.54) is 24.0 Å². The Labute approximate surface area is 191 Å². The van der Waals surface area contributed by atoms with Crippen LogP contribution in [0.5, 0.6) is 0 Å². The van der Waals surface area contributed by atoms with Crippen molar-refractivity contribution in [1.82, 2.24) is 4.57 Å². The lowest BCUT2D eigenvalue weighted by molar-refractivity contribution is -0.141. The molecule has 4 rings (SSSR count). The first-order valence-corrected chi connectivity index (χ1v) is 11.2. The summed E-state index contributed by atoms with van der Waals surface area (Å²) in [6.07, 6.45) is 0.802. The van der Waals surface area contributed by atoms with E-state index in [0.29, 0.717) is 10.4 Å². The highest BCUT2D eigenvalue weighted by Crippen LogP contribution is 2.22. The second-order valence-electron chi connectivity index (χ2n) is 6.94. The Morgan fingerprint density at radius 2 is 1.71 bits per heavy atom. The first kappa shape index (κ1) is 21.2. The minimum Gasteiger partial charge on any atom is -0.468 e. The van der Waals surface area contributed by atoms with Gasteiger partial charge in [0.25, 0.3) is 5.91 Å². The number of rotatable bonds is 5. The van der Waals surface area contributed by atoms with E-state index >= 15 is 0 Å². The number of thiazole rings is 1. The number of carbonyl (C=O) groups excluding carboxylic acids is 2. The van der Waals surface area contributed by atoms with Gasteiger partial charge in [-0.3, -0.25) is 9.59 Å². The molecule has 31 heavy (non-hydrogen) atoms. The highest BCUT2D eigenvalue weighted by molar-refractivity contribution is 9.10. The molecule has 0 spiro atoms. The van der Waals surface area contributed by atoms with Gasteiger partial charge in [0.15, 0.2) is 4.80 Å². The van der Waals surface area contributed by atoms with Crippen LogP contribution in [0.4, 0.5) is 0 Å². The van der Waals surface area contributed by atoms with Crippen LogP contribution in [0, 0.1) is 0 Å². The number of aromatic nitrogens is 1. The van der Waals surface area contributed by atoms with Gasteiger partial charge in [0.2, 0.25) is 0 Å². The van der Waals surface area contributed by atoms with Gasteiger partial charge >= 0.3 is 5.97 Å². The number of ether oxygens (including phenoxy) is 1. The van der Waals surface area contributed by atoms with Crippen LogP contribution in [-0.4, -0.2) is 23.6 Å². The van der Waals surface area contributed by atoms with E-state index in [0.717, 1.165) is 26.7 Å². The molecule has 0 atom stereocenters. The van der Waals surface area contributed by atoms with Gasteiger partial charge in [-0.15, -0.1) is 0 Å². The summed E-state index contributed by atoms with van der Waals surface area (Å²) in [5.74, 6) is -0.753. The average molecular weight is 495 g/mol. The summed E-state index contributed by atoms with van der Waals surface area (Å²) in [4.78, 5) is 29.5. The summed E-state index contributed by atoms with van der Waals surface area (Å²) in [6, 6.07) is 23.4. The molecule has 0 aliphatic rings. The molecule has 0 aliphatic heterocycles. The molecule has 0 saturated heterocycles. The van der Waals surface area contributed by atoms with Crippen molar-refractivity contribution >= 4 is 49.4 Å². The van der Waals surface area contributed by atoms with E-state index in [-0.39, 0.29) is 12.5 Å². The fraction of sp³-hybridized carbons (Fsp3) is 0.125. The largest absolute Gasteiger partial charge is 0.468 e. The van der Waals surface area contributed by atoms with Crippen LogP contribution in [0.1, 0.15) is 21.5 Å². The molecule has 1 amide bonds. The Morgan fingerprint density at radius 1 is 1.00 bits per heavy atom. The van der Waals surface area contributed by atoms with Crippen molar-refractivity contribution in [2.45, 2.75) is 13.0 Å². The zero-order valence-corrected chi connectivity index (χ0v) is 19.2. The van der Waals surface area contributed by atoms with E-state index in [1.807, 2.05) is 48.5 Å². The van der Waals surface area contributed by atoms with Gasteiger partial charge in [-0.25, -0.2) is 0 Å². The van der Waals surface area contributed by atoms with Gasteiger partial charge in [0.1, 0.15) is 6.54 Å². The number of esters is 1. The molecule has 0 unspecified atom stereocenters. The Balaban J connectivity index is 1.65. The normalized spacial score (nSPS) is 11.6. The third-order valence-electron chi connectivity index (χ3n) is 4.81. The maximum atomic E-state index is 12.8. The van der Waals surface area contributed by atoms with E-state index < -0.39 is 5.97 Å². The maximum Gasteiger partial charge on any atom is 0.325 e. The lowest BCUT2D eigenvalue weighted by Gasteiger charge is -2.04. The molecule has 0 aliphatic carbocycles. The summed E-state index contributed by atoms with van der Waals surface area (Å²) in [6.45, 7) is -0.0136. The Hall–Kier alpha value is -3.03. The first-order chi connectivity index (χ1) is 15.0. The van der Waals surface area contributed by atoms with Gasteiger partial charge in [0, 0.05) is 10.0 Å². The summed E-state index contributed by atoms with van der Waals surface area (Å²) in [5.41, 5.74) is 3.66. The third kappa shape index (κ3) is 5.00. The van der Waals surface area contributed by atoms with Crippen molar-refractivity contribution < 1.29 is 14.3 Å². The SMILES string of the molecule is COC(=O)Cn1c(=NC(=O)c2ccc(Cc3ccccc3)cc2)sc2cc(Br)ccc21. The maximum absolute atomic E-state index is 12.8. The van der Waals surface area contributed by atoms with Crippen LogP contribution in [0.3, 0.4) is 0 Å². The molecule has 7 heteroatoms. The smallest absolute Gasteiger partial charge is 0.325 e.